The second-order valence-corrected chi connectivity index (χ2v) is 4.27. The van der Waals surface area contributed by atoms with Gasteiger partial charge in [-0.05, 0) is 36.4 Å². The van der Waals surface area contributed by atoms with Gasteiger partial charge < -0.3 is 13.7 Å². The van der Waals surface area contributed by atoms with Crippen LogP contribution in [0.1, 0.15) is 10.6 Å². The van der Waals surface area contributed by atoms with Gasteiger partial charge in [-0.2, -0.15) is 0 Å². The first-order chi connectivity index (χ1) is 9.28. The third-order valence-corrected chi connectivity index (χ3v) is 3.09. The topological polar surface area (TPSA) is 44.4 Å². The minimum Gasteiger partial charge on any atom is -0.497 e. The quantitative estimate of drug-likeness (QED) is 0.673. The lowest BCUT2D eigenvalue weighted by Gasteiger charge is -2.04. The smallest absolute Gasteiger partial charge is 0.217 e. The number of aromatic nitrogens is 1. The van der Waals surface area contributed by atoms with Crippen molar-refractivity contribution >= 4 is 16.7 Å². The molecule has 0 aliphatic carbocycles. The molecule has 2 heterocycles. The van der Waals surface area contributed by atoms with E-state index < -0.39 is 0 Å². The lowest BCUT2D eigenvalue weighted by atomic mass is 10.2. The first-order valence-electron chi connectivity index (χ1n) is 5.97. The van der Waals surface area contributed by atoms with Gasteiger partial charge in [0.1, 0.15) is 5.75 Å². The Morgan fingerprint density at radius 2 is 2.21 bits per heavy atom. The standard InChI is InChI=1S/C15H13NO3/c1-18-12-4-5-13-11(9-12)6-7-16(13)10-14(17)15-3-2-8-19-15/h2-9H,10H2,1H3. The summed E-state index contributed by atoms with van der Waals surface area (Å²) in [4.78, 5) is 12.0. The van der Waals surface area contributed by atoms with Gasteiger partial charge in [0.25, 0.3) is 0 Å². The second-order valence-electron chi connectivity index (χ2n) is 4.27. The van der Waals surface area contributed by atoms with Gasteiger partial charge in [-0.15, -0.1) is 0 Å². The number of carbonyl (C=O) groups excluding carboxylic acids is 1. The molecule has 0 saturated heterocycles. The highest BCUT2D eigenvalue weighted by Gasteiger charge is 2.11. The molecule has 0 fully saturated rings. The largest absolute Gasteiger partial charge is 0.497 e. The van der Waals surface area contributed by atoms with Gasteiger partial charge in [0.2, 0.25) is 5.78 Å². The molecule has 4 nitrogen and oxygen atoms in total. The molecular formula is C15H13NO3. The summed E-state index contributed by atoms with van der Waals surface area (Å²) in [6.45, 7) is 0.267. The van der Waals surface area contributed by atoms with E-state index in [2.05, 4.69) is 0 Å². The van der Waals surface area contributed by atoms with Crippen LogP contribution < -0.4 is 4.74 Å². The summed E-state index contributed by atoms with van der Waals surface area (Å²) in [5, 5.41) is 1.05. The van der Waals surface area contributed by atoms with E-state index in [-0.39, 0.29) is 12.3 Å². The van der Waals surface area contributed by atoms with Crippen LogP contribution in [0.2, 0.25) is 0 Å². The van der Waals surface area contributed by atoms with Crippen LogP contribution in [0.3, 0.4) is 0 Å². The van der Waals surface area contributed by atoms with Crippen molar-refractivity contribution in [1.82, 2.24) is 4.57 Å². The van der Waals surface area contributed by atoms with E-state index in [1.165, 1.54) is 6.26 Å². The summed E-state index contributed by atoms with van der Waals surface area (Å²) in [5.41, 5.74) is 1.00. The second kappa shape index (κ2) is 4.65. The normalized spacial score (nSPS) is 10.8. The molecule has 2 aromatic heterocycles. The van der Waals surface area contributed by atoms with Crippen molar-refractivity contribution < 1.29 is 13.9 Å². The number of benzene rings is 1. The fourth-order valence-electron chi connectivity index (χ4n) is 2.11. The van der Waals surface area contributed by atoms with Crippen LogP contribution in [0.4, 0.5) is 0 Å². The summed E-state index contributed by atoms with van der Waals surface area (Å²) in [6, 6.07) is 11.1. The molecule has 0 saturated carbocycles. The summed E-state index contributed by atoms with van der Waals surface area (Å²) in [7, 11) is 1.64. The molecule has 0 aliphatic heterocycles. The molecule has 0 bridgehead atoms. The van der Waals surface area contributed by atoms with Gasteiger partial charge in [-0.1, -0.05) is 0 Å². The third kappa shape index (κ3) is 2.12. The Labute approximate surface area is 110 Å². The number of ether oxygens (including phenoxy) is 1. The van der Waals surface area contributed by atoms with Crippen molar-refractivity contribution in [1.29, 1.82) is 0 Å². The summed E-state index contributed by atoms with van der Waals surface area (Å²) in [6.07, 6.45) is 3.40. The number of fused-ring (bicyclic) bond motifs is 1. The number of rotatable bonds is 4. The van der Waals surface area contributed by atoms with E-state index >= 15 is 0 Å². The molecule has 0 atom stereocenters. The molecule has 19 heavy (non-hydrogen) atoms. The maximum absolute atomic E-state index is 12.0. The van der Waals surface area contributed by atoms with E-state index in [0.29, 0.717) is 5.76 Å². The predicted octanol–water partition coefficient (Wildman–Crippen LogP) is 3.13. The first-order valence-corrected chi connectivity index (χ1v) is 5.97. The minimum absolute atomic E-state index is 0.0432. The Hall–Kier alpha value is -2.49. The van der Waals surface area contributed by atoms with Gasteiger partial charge in [-0.3, -0.25) is 4.79 Å². The fraction of sp³-hybridized carbons (Fsp3) is 0.133. The zero-order chi connectivity index (χ0) is 13.2. The molecule has 0 N–H and O–H groups in total. The Kier molecular flexibility index (Phi) is 2.83. The third-order valence-electron chi connectivity index (χ3n) is 3.09. The highest BCUT2D eigenvalue weighted by Crippen LogP contribution is 2.22. The van der Waals surface area contributed by atoms with E-state index in [4.69, 9.17) is 9.15 Å². The summed E-state index contributed by atoms with van der Waals surface area (Å²) >= 11 is 0. The Morgan fingerprint density at radius 1 is 1.32 bits per heavy atom. The van der Waals surface area contributed by atoms with Crippen molar-refractivity contribution in [3.05, 3.63) is 54.6 Å². The van der Waals surface area contributed by atoms with Gasteiger partial charge in [0.15, 0.2) is 5.76 Å². The monoisotopic (exact) mass is 255 g/mol. The average Bonchev–Trinajstić information content (AvgIpc) is 3.08. The number of Topliss-reactive ketones (excluding diaryl/α,β-unsaturated/α-hetero) is 1. The number of furan rings is 1. The van der Waals surface area contributed by atoms with Crippen LogP contribution in [0.5, 0.6) is 5.75 Å². The molecule has 1 aromatic carbocycles. The maximum Gasteiger partial charge on any atom is 0.217 e. The van der Waals surface area contributed by atoms with E-state index in [9.17, 15) is 4.79 Å². The molecule has 0 amide bonds. The van der Waals surface area contributed by atoms with Gasteiger partial charge in [-0.25, -0.2) is 0 Å². The highest BCUT2D eigenvalue weighted by atomic mass is 16.5. The molecule has 3 aromatic rings. The Bertz CT molecular complexity index is 710. The predicted molar refractivity (Wildman–Crippen MR) is 71.5 cm³/mol. The molecule has 0 unspecified atom stereocenters. The van der Waals surface area contributed by atoms with Crippen molar-refractivity contribution in [2.75, 3.05) is 7.11 Å². The van der Waals surface area contributed by atoms with Crippen LogP contribution in [-0.4, -0.2) is 17.5 Å². The number of methoxy groups -OCH3 is 1. The SMILES string of the molecule is COc1ccc2c(ccn2CC(=O)c2ccco2)c1. The fourth-order valence-corrected chi connectivity index (χ4v) is 2.11. The minimum atomic E-state index is -0.0432. The first kappa shape index (κ1) is 11.6. The average molecular weight is 255 g/mol. The van der Waals surface area contributed by atoms with Crippen molar-refractivity contribution in [2.45, 2.75) is 6.54 Å². The molecule has 0 aliphatic rings. The van der Waals surface area contributed by atoms with Gasteiger partial charge in [0.05, 0.1) is 19.9 Å². The molecule has 0 spiro atoms. The lowest BCUT2D eigenvalue weighted by molar-refractivity contribution is 0.0946. The molecular weight excluding hydrogens is 242 g/mol. The van der Waals surface area contributed by atoms with Crippen LogP contribution in [-0.2, 0) is 6.54 Å². The molecule has 3 rings (SSSR count). The number of ketones is 1. The number of hydrogen-bond donors (Lipinski definition) is 0. The van der Waals surface area contributed by atoms with E-state index in [1.807, 2.05) is 35.0 Å². The van der Waals surface area contributed by atoms with Crippen molar-refractivity contribution in [3.63, 3.8) is 0 Å². The Morgan fingerprint density at radius 3 is 2.95 bits per heavy atom. The van der Waals surface area contributed by atoms with E-state index in [0.717, 1.165) is 16.7 Å². The lowest BCUT2D eigenvalue weighted by Crippen LogP contribution is -2.08. The van der Waals surface area contributed by atoms with Gasteiger partial charge in [0, 0.05) is 17.1 Å². The maximum atomic E-state index is 12.0. The van der Waals surface area contributed by atoms with Crippen molar-refractivity contribution in [2.24, 2.45) is 0 Å². The number of nitrogens with zero attached hydrogens (tertiary/aromatic N) is 1. The summed E-state index contributed by atoms with van der Waals surface area (Å²) in [5.74, 6) is 1.15. The summed E-state index contributed by atoms with van der Waals surface area (Å²) < 4.78 is 12.2. The molecule has 0 radical (unpaired) electrons. The van der Waals surface area contributed by atoms with Crippen LogP contribution in [0.15, 0.2) is 53.3 Å². The van der Waals surface area contributed by atoms with Crippen LogP contribution >= 0.6 is 0 Å². The van der Waals surface area contributed by atoms with Crippen molar-refractivity contribution in [3.8, 4) is 5.75 Å². The number of hydrogen-bond acceptors (Lipinski definition) is 3. The Balaban J connectivity index is 1.91. The van der Waals surface area contributed by atoms with Gasteiger partial charge >= 0.3 is 0 Å². The molecule has 4 heteroatoms. The number of carbonyl (C=O) groups is 1. The molecule has 96 valence electrons. The van der Waals surface area contributed by atoms with Crippen LogP contribution in [0, 0.1) is 0 Å². The highest BCUT2D eigenvalue weighted by molar-refractivity contribution is 5.94. The zero-order valence-electron chi connectivity index (χ0n) is 10.5. The van der Waals surface area contributed by atoms with Crippen LogP contribution in [0.25, 0.3) is 10.9 Å². The zero-order valence-corrected chi connectivity index (χ0v) is 10.5. The van der Waals surface area contributed by atoms with E-state index in [1.54, 1.807) is 19.2 Å².